The van der Waals surface area contributed by atoms with Crippen molar-refractivity contribution >= 4 is 10.0 Å². The van der Waals surface area contributed by atoms with Gasteiger partial charge in [0.25, 0.3) is 10.0 Å². The predicted octanol–water partition coefficient (Wildman–Crippen LogP) is -0.218. The van der Waals surface area contributed by atoms with Crippen molar-refractivity contribution in [2.24, 2.45) is 0 Å². The first-order valence-corrected chi connectivity index (χ1v) is 6.76. The van der Waals surface area contributed by atoms with Crippen molar-refractivity contribution < 1.29 is 8.42 Å². The SMILES string of the molecule is CN1CCC(NS(=O)(=O)c2ccn[nH]2)CC1. The molecule has 0 spiro atoms. The van der Waals surface area contributed by atoms with E-state index in [0.29, 0.717) is 0 Å². The van der Waals surface area contributed by atoms with Gasteiger partial charge in [0.1, 0.15) is 0 Å². The lowest BCUT2D eigenvalue weighted by atomic mass is 10.1. The predicted molar refractivity (Wildman–Crippen MR) is 59.4 cm³/mol. The molecule has 0 bridgehead atoms. The van der Waals surface area contributed by atoms with Crippen LogP contribution in [0.15, 0.2) is 17.3 Å². The summed E-state index contributed by atoms with van der Waals surface area (Å²) in [6.45, 7) is 1.85. The molecule has 0 amide bonds. The van der Waals surface area contributed by atoms with E-state index in [4.69, 9.17) is 0 Å². The van der Waals surface area contributed by atoms with Crippen LogP contribution in [0.2, 0.25) is 0 Å². The number of sulfonamides is 1. The number of aromatic nitrogens is 2. The molecule has 2 N–H and O–H groups in total. The summed E-state index contributed by atoms with van der Waals surface area (Å²) in [6, 6.07) is 1.49. The summed E-state index contributed by atoms with van der Waals surface area (Å²) in [5.74, 6) is 0. The van der Waals surface area contributed by atoms with Crippen LogP contribution in [-0.4, -0.2) is 49.7 Å². The average molecular weight is 244 g/mol. The molecule has 0 aliphatic carbocycles. The van der Waals surface area contributed by atoms with Crippen LogP contribution >= 0.6 is 0 Å². The quantitative estimate of drug-likeness (QED) is 0.770. The molecule has 0 radical (unpaired) electrons. The summed E-state index contributed by atoms with van der Waals surface area (Å²) >= 11 is 0. The van der Waals surface area contributed by atoms with Crippen molar-refractivity contribution in [3.63, 3.8) is 0 Å². The number of nitrogens with zero attached hydrogens (tertiary/aromatic N) is 2. The Kier molecular flexibility index (Phi) is 3.27. The van der Waals surface area contributed by atoms with Crippen LogP contribution in [0.1, 0.15) is 12.8 Å². The van der Waals surface area contributed by atoms with E-state index in [9.17, 15) is 8.42 Å². The number of hydrogen-bond donors (Lipinski definition) is 2. The molecular weight excluding hydrogens is 228 g/mol. The van der Waals surface area contributed by atoms with E-state index < -0.39 is 10.0 Å². The second-order valence-electron chi connectivity index (χ2n) is 4.12. The van der Waals surface area contributed by atoms with Gasteiger partial charge in [-0.05, 0) is 39.0 Å². The maximum absolute atomic E-state index is 11.8. The third-order valence-corrected chi connectivity index (χ3v) is 4.26. The molecule has 0 aromatic carbocycles. The number of likely N-dealkylation sites (tertiary alicyclic amines) is 1. The van der Waals surface area contributed by atoms with Crippen molar-refractivity contribution in [3.8, 4) is 0 Å². The monoisotopic (exact) mass is 244 g/mol. The molecule has 1 saturated heterocycles. The van der Waals surface area contributed by atoms with Crippen LogP contribution in [0.4, 0.5) is 0 Å². The first-order valence-electron chi connectivity index (χ1n) is 5.28. The van der Waals surface area contributed by atoms with Gasteiger partial charge in [0, 0.05) is 6.04 Å². The fraction of sp³-hybridized carbons (Fsp3) is 0.667. The molecule has 0 atom stereocenters. The molecule has 16 heavy (non-hydrogen) atoms. The van der Waals surface area contributed by atoms with Crippen LogP contribution < -0.4 is 4.72 Å². The summed E-state index contributed by atoms with van der Waals surface area (Å²) in [7, 11) is -1.38. The molecule has 2 heterocycles. The molecule has 1 aliphatic heterocycles. The maximum atomic E-state index is 11.8. The minimum Gasteiger partial charge on any atom is -0.306 e. The Morgan fingerprint density at radius 1 is 1.50 bits per heavy atom. The van der Waals surface area contributed by atoms with Crippen LogP contribution in [0.3, 0.4) is 0 Å². The highest BCUT2D eigenvalue weighted by atomic mass is 32.2. The molecule has 6 nitrogen and oxygen atoms in total. The van der Waals surface area contributed by atoms with Crippen molar-refractivity contribution in [1.29, 1.82) is 0 Å². The van der Waals surface area contributed by atoms with Gasteiger partial charge in [0.05, 0.1) is 6.20 Å². The minimum absolute atomic E-state index is 0.0319. The molecule has 1 aromatic heterocycles. The highest BCUT2D eigenvalue weighted by molar-refractivity contribution is 7.89. The lowest BCUT2D eigenvalue weighted by molar-refractivity contribution is 0.248. The van der Waals surface area contributed by atoms with Crippen molar-refractivity contribution in [2.75, 3.05) is 20.1 Å². The average Bonchev–Trinajstić information content (AvgIpc) is 2.75. The van der Waals surface area contributed by atoms with Gasteiger partial charge in [-0.1, -0.05) is 0 Å². The summed E-state index contributed by atoms with van der Waals surface area (Å²) in [6.07, 6.45) is 3.14. The molecular formula is C9H16N4O2S. The normalized spacial score (nSPS) is 20.1. The van der Waals surface area contributed by atoms with Crippen LogP contribution in [0, 0.1) is 0 Å². The molecule has 7 heteroatoms. The van der Waals surface area contributed by atoms with E-state index in [1.165, 1.54) is 12.3 Å². The Balaban J connectivity index is 2.00. The fourth-order valence-electron chi connectivity index (χ4n) is 1.80. The van der Waals surface area contributed by atoms with E-state index in [2.05, 4.69) is 19.8 Å². The standard InChI is InChI=1S/C9H16N4O2S/c1-13-6-3-8(4-7-13)12-16(14,15)9-2-5-10-11-9/h2,5,8,12H,3-4,6-7H2,1H3,(H,10,11). The number of H-pyrrole nitrogens is 1. The van der Waals surface area contributed by atoms with Gasteiger partial charge in [-0.3, -0.25) is 5.10 Å². The summed E-state index contributed by atoms with van der Waals surface area (Å²) in [4.78, 5) is 2.20. The van der Waals surface area contributed by atoms with Crippen LogP contribution in [0.5, 0.6) is 0 Å². The van der Waals surface area contributed by atoms with Gasteiger partial charge >= 0.3 is 0 Å². The van der Waals surface area contributed by atoms with Crippen molar-refractivity contribution in [2.45, 2.75) is 23.9 Å². The maximum Gasteiger partial charge on any atom is 0.257 e. The summed E-state index contributed by atoms with van der Waals surface area (Å²) < 4.78 is 26.4. The van der Waals surface area contributed by atoms with Crippen molar-refractivity contribution in [1.82, 2.24) is 19.8 Å². The highest BCUT2D eigenvalue weighted by Crippen LogP contribution is 2.12. The van der Waals surface area contributed by atoms with Gasteiger partial charge in [-0.2, -0.15) is 5.10 Å². The Morgan fingerprint density at radius 3 is 2.75 bits per heavy atom. The Labute approximate surface area is 95.1 Å². The van der Waals surface area contributed by atoms with Gasteiger partial charge in [0.2, 0.25) is 0 Å². The minimum atomic E-state index is -3.42. The van der Waals surface area contributed by atoms with Gasteiger partial charge in [-0.15, -0.1) is 0 Å². The smallest absolute Gasteiger partial charge is 0.257 e. The van der Waals surface area contributed by atoms with E-state index in [0.717, 1.165) is 25.9 Å². The number of rotatable bonds is 3. The van der Waals surface area contributed by atoms with E-state index in [-0.39, 0.29) is 11.1 Å². The van der Waals surface area contributed by atoms with Crippen LogP contribution in [-0.2, 0) is 10.0 Å². The largest absolute Gasteiger partial charge is 0.306 e. The third-order valence-electron chi connectivity index (χ3n) is 2.81. The number of nitrogens with one attached hydrogen (secondary N) is 2. The van der Waals surface area contributed by atoms with Crippen LogP contribution in [0.25, 0.3) is 0 Å². The Morgan fingerprint density at radius 2 is 2.19 bits per heavy atom. The third kappa shape index (κ3) is 2.60. The van der Waals surface area contributed by atoms with Gasteiger partial charge in [0.15, 0.2) is 5.03 Å². The molecule has 0 unspecified atom stereocenters. The summed E-state index contributed by atoms with van der Waals surface area (Å²) in [5.41, 5.74) is 0. The van der Waals surface area contributed by atoms with E-state index in [1.807, 2.05) is 7.05 Å². The molecule has 0 saturated carbocycles. The van der Waals surface area contributed by atoms with Gasteiger partial charge in [-0.25, -0.2) is 13.1 Å². The van der Waals surface area contributed by atoms with Gasteiger partial charge < -0.3 is 4.90 Å². The number of aromatic amines is 1. The molecule has 1 fully saturated rings. The first-order chi connectivity index (χ1) is 7.58. The number of piperidine rings is 1. The zero-order chi connectivity index (χ0) is 11.6. The highest BCUT2D eigenvalue weighted by Gasteiger charge is 2.23. The van der Waals surface area contributed by atoms with E-state index in [1.54, 1.807) is 0 Å². The molecule has 1 aliphatic rings. The fourth-order valence-corrected chi connectivity index (χ4v) is 3.02. The Hall–Kier alpha value is -0.920. The second kappa shape index (κ2) is 4.52. The van der Waals surface area contributed by atoms with Crippen molar-refractivity contribution in [3.05, 3.63) is 12.3 Å². The lowest BCUT2D eigenvalue weighted by Gasteiger charge is -2.28. The molecule has 2 rings (SSSR count). The molecule has 90 valence electrons. The first kappa shape index (κ1) is 11.6. The lowest BCUT2D eigenvalue weighted by Crippen LogP contribution is -2.43. The Bertz CT molecular complexity index is 420. The topological polar surface area (TPSA) is 78.1 Å². The molecule has 1 aromatic rings. The summed E-state index contributed by atoms with van der Waals surface area (Å²) in [5, 5.41) is 6.24. The second-order valence-corrected chi connectivity index (χ2v) is 5.80. The zero-order valence-electron chi connectivity index (χ0n) is 9.18. The number of hydrogen-bond acceptors (Lipinski definition) is 4. The zero-order valence-corrected chi connectivity index (χ0v) is 10.00. The van der Waals surface area contributed by atoms with E-state index >= 15 is 0 Å².